The minimum atomic E-state index is -2.28. The van der Waals surface area contributed by atoms with Gasteiger partial charge in [0.1, 0.15) is 24.4 Å². The first kappa shape index (κ1) is 30.6. The first-order valence-electron chi connectivity index (χ1n) is 14.1. The van der Waals surface area contributed by atoms with E-state index in [1.54, 1.807) is 0 Å². The van der Waals surface area contributed by atoms with Gasteiger partial charge in [0.15, 0.2) is 14.6 Å². The van der Waals surface area contributed by atoms with E-state index in [0.717, 1.165) is 16.7 Å². The summed E-state index contributed by atoms with van der Waals surface area (Å²) >= 11 is 0. The number of rotatable bonds is 12. The summed E-state index contributed by atoms with van der Waals surface area (Å²) < 4.78 is 32.2. The largest absolute Gasteiger partial charge is 0.408 e. The van der Waals surface area contributed by atoms with Crippen LogP contribution in [0.5, 0.6) is 0 Å². The Morgan fingerprint density at radius 2 is 1.12 bits per heavy atom. The summed E-state index contributed by atoms with van der Waals surface area (Å²) in [6.45, 7) is 12.4. The fourth-order valence-corrected chi connectivity index (χ4v) is 5.78. The van der Waals surface area contributed by atoms with Crippen LogP contribution in [-0.4, -0.2) is 50.7 Å². The van der Waals surface area contributed by atoms with E-state index in [1.165, 1.54) is 0 Å². The lowest BCUT2D eigenvalue weighted by molar-refractivity contribution is -0.306. The van der Waals surface area contributed by atoms with Crippen LogP contribution in [0.25, 0.3) is 0 Å². The molecule has 0 aliphatic carbocycles. The molecule has 40 heavy (non-hydrogen) atoms. The first-order chi connectivity index (χ1) is 19.1. The van der Waals surface area contributed by atoms with E-state index in [-0.39, 0.29) is 11.6 Å². The molecule has 0 spiro atoms. The number of ether oxygens (including phenoxy) is 4. The molecule has 216 valence electrons. The molecule has 3 aromatic rings. The van der Waals surface area contributed by atoms with Crippen LogP contribution in [0.15, 0.2) is 91.0 Å². The maximum absolute atomic E-state index is 11.3. The number of hydrogen-bond acceptors (Lipinski definition) is 6. The highest BCUT2D eigenvalue weighted by atomic mass is 28.4. The van der Waals surface area contributed by atoms with Crippen LogP contribution < -0.4 is 0 Å². The lowest BCUT2D eigenvalue weighted by Gasteiger charge is -2.49. The summed E-state index contributed by atoms with van der Waals surface area (Å²) in [5, 5.41) is 11.2. The number of hydrogen-bond donors (Lipinski definition) is 1. The molecular weight excluding hydrogens is 520 g/mol. The number of aliphatic hydroxyl groups excluding tert-OH is 1. The highest BCUT2D eigenvalue weighted by Gasteiger charge is 2.51. The fraction of sp³-hybridized carbons (Fsp3) is 0.455. The van der Waals surface area contributed by atoms with Crippen molar-refractivity contribution < 1.29 is 28.5 Å². The molecule has 0 radical (unpaired) electrons. The van der Waals surface area contributed by atoms with Crippen LogP contribution >= 0.6 is 0 Å². The van der Waals surface area contributed by atoms with Gasteiger partial charge in [0.05, 0.1) is 26.4 Å². The Morgan fingerprint density at radius 1 is 0.675 bits per heavy atom. The molecule has 1 saturated heterocycles. The van der Waals surface area contributed by atoms with Gasteiger partial charge in [-0.25, -0.2) is 0 Å². The zero-order chi connectivity index (χ0) is 28.6. The Labute approximate surface area is 240 Å². The average molecular weight is 565 g/mol. The molecule has 1 aliphatic rings. The van der Waals surface area contributed by atoms with Crippen molar-refractivity contribution in [3.63, 3.8) is 0 Å². The van der Waals surface area contributed by atoms with Crippen molar-refractivity contribution in [2.45, 2.75) is 89.4 Å². The molecule has 1 N–H and O–H groups in total. The number of benzene rings is 3. The summed E-state index contributed by atoms with van der Waals surface area (Å²) in [6, 6.07) is 30.0. The van der Waals surface area contributed by atoms with Crippen molar-refractivity contribution in [3.8, 4) is 0 Å². The second kappa shape index (κ2) is 14.0. The molecule has 0 amide bonds. The molecule has 0 saturated carbocycles. The molecule has 4 rings (SSSR count). The lowest BCUT2D eigenvalue weighted by Crippen LogP contribution is -2.64. The predicted molar refractivity (Wildman–Crippen MR) is 159 cm³/mol. The zero-order valence-corrected chi connectivity index (χ0v) is 25.4. The van der Waals surface area contributed by atoms with Gasteiger partial charge < -0.3 is 28.5 Å². The average Bonchev–Trinajstić information content (AvgIpc) is 2.94. The third kappa shape index (κ3) is 8.33. The minimum absolute atomic E-state index is 0.0388. The highest BCUT2D eigenvalue weighted by Crippen LogP contribution is 2.40. The monoisotopic (exact) mass is 564 g/mol. The van der Waals surface area contributed by atoms with E-state index in [0.29, 0.717) is 19.8 Å². The highest BCUT2D eigenvalue weighted by molar-refractivity contribution is 6.74. The summed E-state index contributed by atoms with van der Waals surface area (Å²) in [5.41, 5.74) is 3.11. The van der Waals surface area contributed by atoms with Gasteiger partial charge in [-0.3, -0.25) is 0 Å². The van der Waals surface area contributed by atoms with Crippen molar-refractivity contribution in [3.05, 3.63) is 108 Å². The van der Waals surface area contributed by atoms with Gasteiger partial charge in [-0.1, -0.05) is 112 Å². The van der Waals surface area contributed by atoms with Crippen molar-refractivity contribution in [1.29, 1.82) is 0 Å². The quantitative estimate of drug-likeness (QED) is 0.254. The van der Waals surface area contributed by atoms with Crippen LogP contribution in [0.1, 0.15) is 37.5 Å². The standard InChI is InChI=1S/C33H44O6Si/c1-33(2,3)40(4,5)39-29-28(24-35-21-25-15-9-6-10-16-25)38-32(34)31(37-23-27-19-13-8-14-20-27)30(29)36-22-26-17-11-7-12-18-26/h6-20,28-32,34H,21-24H2,1-5H3/t28-,29-,30+,31-,32?/m1/s1. The Bertz CT molecular complexity index is 1140. The minimum Gasteiger partial charge on any atom is -0.408 e. The summed E-state index contributed by atoms with van der Waals surface area (Å²) in [4.78, 5) is 0. The van der Waals surface area contributed by atoms with Crippen LogP contribution in [0, 0.1) is 0 Å². The molecular formula is C33H44O6Si. The molecule has 0 aromatic heterocycles. The van der Waals surface area contributed by atoms with Crippen molar-refractivity contribution in [1.82, 2.24) is 0 Å². The molecule has 0 bridgehead atoms. The van der Waals surface area contributed by atoms with E-state index >= 15 is 0 Å². The van der Waals surface area contributed by atoms with Crippen LogP contribution in [0.2, 0.25) is 18.1 Å². The van der Waals surface area contributed by atoms with E-state index in [4.69, 9.17) is 23.4 Å². The predicted octanol–water partition coefficient (Wildman–Crippen LogP) is 6.48. The third-order valence-corrected chi connectivity index (χ3v) is 12.3. The summed E-state index contributed by atoms with van der Waals surface area (Å²) in [5.74, 6) is 0. The Balaban J connectivity index is 1.60. The maximum Gasteiger partial charge on any atom is 0.192 e. The molecule has 1 aliphatic heterocycles. The fourth-order valence-electron chi connectivity index (χ4n) is 4.46. The van der Waals surface area contributed by atoms with E-state index in [2.05, 4.69) is 33.9 Å². The normalized spacial score (nSPS) is 23.7. The van der Waals surface area contributed by atoms with Gasteiger partial charge in [0.25, 0.3) is 0 Å². The van der Waals surface area contributed by atoms with Gasteiger partial charge in [-0.15, -0.1) is 0 Å². The van der Waals surface area contributed by atoms with Gasteiger partial charge in [-0.2, -0.15) is 0 Å². The first-order valence-corrected chi connectivity index (χ1v) is 17.0. The molecule has 3 aromatic carbocycles. The van der Waals surface area contributed by atoms with Crippen molar-refractivity contribution >= 4 is 8.32 Å². The summed E-state index contributed by atoms with van der Waals surface area (Å²) in [7, 11) is -2.28. The molecule has 1 unspecified atom stereocenters. The Hall–Kier alpha value is -2.36. The second-order valence-corrected chi connectivity index (χ2v) is 16.7. The van der Waals surface area contributed by atoms with Gasteiger partial charge in [-0.05, 0) is 34.8 Å². The van der Waals surface area contributed by atoms with E-state index < -0.39 is 39.0 Å². The third-order valence-electron chi connectivity index (χ3n) is 7.81. The van der Waals surface area contributed by atoms with Crippen molar-refractivity contribution in [2.24, 2.45) is 0 Å². The molecule has 1 fully saturated rings. The smallest absolute Gasteiger partial charge is 0.192 e. The van der Waals surface area contributed by atoms with Crippen LogP contribution in [-0.2, 0) is 43.2 Å². The Morgan fingerprint density at radius 3 is 1.60 bits per heavy atom. The second-order valence-electron chi connectivity index (χ2n) is 11.9. The molecule has 6 nitrogen and oxygen atoms in total. The van der Waals surface area contributed by atoms with E-state index in [1.807, 2.05) is 91.0 Å². The molecule has 7 heteroatoms. The maximum atomic E-state index is 11.3. The van der Waals surface area contributed by atoms with Gasteiger partial charge in [0.2, 0.25) is 0 Å². The molecule has 1 heterocycles. The van der Waals surface area contributed by atoms with Crippen molar-refractivity contribution in [2.75, 3.05) is 6.61 Å². The van der Waals surface area contributed by atoms with E-state index in [9.17, 15) is 5.11 Å². The zero-order valence-electron chi connectivity index (χ0n) is 24.4. The van der Waals surface area contributed by atoms with Crippen LogP contribution in [0.4, 0.5) is 0 Å². The Kier molecular flexibility index (Phi) is 10.7. The molecule has 5 atom stereocenters. The lowest BCUT2D eigenvalue weighted by atomic mass is 9.98. The topological polar surface area (TPSA) is 66.4 Å². The summed E-state index contributed by atoms with van der Waals surface area (Å²) in [6.07, 6.45) is -3.56. The van der Waals surface area contributed by atoms with Gasteiger partial charge >= 0.3 is 0 Å². The van der Waals surface area contributed by atoms with Gasteiger partial charge in [0, 0.05) is 0 Å². The van der Waals surface area contributed by atoms with Crippen LogP contribution in [0.3, 0.4) is 0 Å². The SMILES string of the molecule is CC(C)(C)[Si](C)(C)O[C@H]1[C@H](OCc2ccccc2)[C@@H](OCc2ccccc2)C(O)O[C@@H]1COCc1ccccc1. The number of aliphatic hydroxyl groups is 1.